The van der Waals surface area contributed by atoms with Gasteiger partial charge in [0.1, 0.15) is 13.0 Å². The summed E-state index contributed by atoms with van der Waals surface area (Å²) in [7, 11) is 1.49. The lowest BCUT2D eigenvalue weighted by atomic mass is 10.0. The van der Waals surface area contributed by atoms with Crippen molar-refractivity contribution in [3.8, 4) is 0 Å². The Morgan fingerprint density at radius 3 is 2.40 bits per heavy atom. The minimum Gasteiger partial charge on any atom is -0.399 e. The molecule has 0 bridgehead atoms. The van der Waals surface area contributed by atoms with Crippen LogP contribution in [0.3, 0.4) is 0 Å². The SMILES string of the molecule is CON=C(C)C(C)N(C(=O)CCl)c1c(C)cccc1C. The summed E-state index contributed by atoms with van der Waals surface area (Å²) in [5, 5.41) is 3.93. The first-order valence-electron chi connectivity index (χ1n) is 6.45. The van der Waals surface area contributed by atoms with Gasteiger partial charge in [0.2, 0.25) is 5.91 Å². The Balaban J connectivity index is 3.33. The highest BCUT2D eigenvalue weighted by atomic mass is 35.5. The van der Waals surface area contributed by atoms with E-state index in [0.717, 1.165) is 16.8 Å². The van der Waals surface area contributed by atoms with Gasteiger partial charge in [0.05, 0.1) is 17.4 Å². The van der Waals surface area contributed by atoms with Gasteiger partial charge in [-0.15, -0.1) is 11.6 Å². The van der Waals surface area contributed by atoms with Crippen molar-refractivity contribution in [1.82, 2.24) is 0 Å². The van der Waals surface area contributed by atoms with Crippen molar-refractivity contribution in [2.45, 2.75) is 33.7 Å². The topological polar surface area (TPSA) is 41.9 Å². The highest BCUT2D eigenvalue weighted by Gasteiger charge is 2.26. The number of amides is 1. The highest BCUT2D eigenvalue weighted by molar-refractivity contribution is 6.30. The number of carbonyl (C=O) groups excluding carboxylic acids is 1. The number of benzene rings is 1. The van der Waals surface area contributed by atoms with Gasteiger partial charge in [-0.1, -0.05) is 23.4 Å². The van der Waals surface area contributed by atoms with Gasteiger partial charge in [0.15, 0.2) is 0 Å². The van der Waals surface area contributed by atoms with Gasteiger partial charge in [0.25, 0.3) is 0 Å². The lowest BCUT2D eigenvalue weighted by Crippen LogP contribution is -2.44. The van der Waals surface area contributed by atoms with Crippen LogP contribution < -0.4 is 4.90 Å². The Kier molecular flexibility index (Phi) is 6.02. The molecule has 0 spiro atoms. The van der Waals surface area contributed by atoms with E-state index in [0.29, 0.717) is 5.71 Å². The van der Waals surface area contributed by atoms with Crippen LogP contribution in [-0.2, 0) is 9.63 Å². The van der Waals surface area contributed by atoms with Crippen molar-refractivity contribution in [1.29, 1.82) is 0 Å². The van der Waals surface area contributed by atoms with Gasteiger partial charge in [-0.2, -0.15) is 0 Å². The van der Waals surface area contributed by atoms with Crippen LogP contribution in [0.25, 0.3) is 0 Å². The van der Waals surface area contributed by atoms with Crippen molar-refractivity contribution in [2.24, 2.45) is 5.16 Å². The number of oxime groups is 1. The molecular formula is C15H21ClN2O2. The summed E-state index contributed by atoms with van der Waals surface area (Å²) in [5.41, 5.74) is 3.66. The predicted molar refractivity (Wildman–Crippen MR) is 83.7 cm³/mol. The van der Waals surface area contributed by atoms with Crippen LogP contribution in [0.2, 0.25) is 0 Å². The summed E-state index contributed by atoms with van der Waals surface area (Å²) < 4.78 is 0. The van der Waals surface area contributed by atoms with Crippen molar-refractivity contribution in [2.75, 3.05) is 17.9 Å². The molecule has 0 saturated carbocycles. The summed E-state index contributed by atoms with van der Waals surface area (Å²) in [6.45, 7) is 7.70. The summed E-state index contributed by atoms with van der Waals surface area (Å²) in [5.74, 6) is -0.222. The van der Waals surface area contributed by atoms with Gasteiger partial charge in [0, 0.05) is 0 Å². The van der Waals surface area contributed by atoms with Crippen LogP contribution in [0.1, 0.15) is 25.0 Å². The first kappa shape index (κ1) is 16.5. The molecule has 1 unspecified atom stereocenters. The standard InChI is InChI=1S/C15H21ClN2O2/c1-10-7-6-8-11(2)15(10)18(14(19)9-16)13(4)12(3)17-20-5/h6-8,13H,9H2,1-5H3. The molecule has 0 aliphatic carbocycles. The smallest absolute Gasteiger partial charge is 0.242 e. The summed E-state index contributed by atoms with van der Waals surface area (Å²) in [6.07, 6.45) is 0. The molecule has 20 heavy (non-hydrogen) atoms. The molecule has 0 fully saturated rings. The molecule has 4 nitrogen and oxygen atoms in total. The number of rotatable bonds is 5. The van der Waals surface area contributed by atoms with Crippen molar-refractivity contribution in [3.05, 3.63) is 29.3 Å². The molecule has 0 heterocycles. The molecular weight excluding hydrogens is 276 g/mol. The molecule has 110 valence electrons. The zero-order valence-corrected chi connectivity index (χ0v) is 13.4. The van der Waals surface area contributed by atoms with Crippen LogP contribution in [0.15, 0.2) is 23.4 Å². The lowest BCUT2D eigenvalue weighted by molar-refractivity contribution is -0.116. The van der Waals surface area contributed by atoms with Crippen LogP contribution >= 0.6 is 11.6 Å². The van der Waals surface area contributed by atoms with Gasteiger partial charge in [-0.05, 0) is 38.8 Å². The maximum Gasteiger partial charge on any atom is 0.242 e. The fourth-order valence-electron chi connectivity index (χ4n) is 2.19. The molecule has 0 aliphatic heterocycles. The Hall–Kier alpha value is -1.55. The molecule has 1 atom stereocenters. The fraction of sp³-hybridized carbons (Fsp3) is 0.467. The number of aryl methyl sites for hydroxylation is 2. The van der Waals surface area contributed by atoms with E-state index in [9.17, 15) is 4.79 Å². The van der Waals surface area contributed by atoms with Crippen LogP contribution in [0.4, 0.5) is 5.69 Å². The molecule has 0 radical (unpaired) electrons. The highest BCUT2D eigenvalue weighted by Crippen LogP contribution is 2.27. The van der Waals surface area contributed by atoms with E-state index in [1.165, 1.54) is 7.11 Å². The number of carbonyl (C=O) groups is 1. The summed E-state index contributed by atoms with van der Waals surface area (Å²) in [6, 6.07) is 5.71. The molecule has 5 heteroatoms. The molecule has 1 aromatic carbocycles. The maximum atomic E-state index is 12.3. The third-order valence-corrected chi connectivity index (χ3v) is 3.52. The third kappa shape index (κ3) is 3.51. The number of alkyl halides is 1. The number of para-hydroxylation sites is 1. The Labute approximate surface area is 125 Å². The van der Waals surface area contributed by atoms with E-state index in [-0.39, 0.29) is 17.8 Å². The number of anilines is 1. The quantitative estimate of drug-likeness (QED) is 0.475. The number of halogens is 1. The molecule has 0 saturated heterocycles. The zero-order valence-electron chi connectivity index (χ0n) is 12.6. The zero-order chi connectivity index (χ0) is 15.3. The van der Waals surface area contributed by atoms with E-state index in [1.54, 1.807) is 4.90 Å². The second-order valence-corrected chi connectivity index (χ2v) is 5.00. The van der Waals surface area contributed by atoms with Crippen LogP contribution in [0.5, 0.6) is 0 Å². The van der Waals surface area contributed by atoms with E-state index < -0.39 is 0 Å². The minimum absolute atomic E-state index is 0.0711. The van der Waals surface area contributed by atoms with Gasteiger partial charge >= 0.3 is 0 Å². The first-order chi connectivity index (χ1) is 9.43. The lowest BCUT2D eigenvalue weighted by Gasteiger charge is -2.31. The second-order valence-electron chi connectivity index (χ2n) is 4.73. The third-order valence-electron chi connectivity index (χ3n) is 3.29. The van der Waals surface area contributed by atoms with E-state index >= 15 is 0 Å². The largest absolute Gasteiger partial charge is 0.399 e. The first-order valence-corrected chi connectivity index (χ1v) is 6.99. The number of nitrogens with zero attached hydrogens (tertiary/aromatic N) is 2. The van der Waals surface area contributed by atoms with Crippen molar-refractivity contribution < 1.29 is 9.63 Å². The van der Waals surface area contributed by atoms with Crippen LogP contribution in [0, 0.1) is 13.8 Å². The maximum absolute atomic E-state index is 12.3. The predicted octanol–water partition coefficient (Wildman–Crippen LogP) is 3.29. The Morgan fingerprint density at radius 2 is 1.95 bits per heavy atom. The van der Waals surface area contributed by atoms with Gasteiger partial charge in [-0.3, -0.25) is 4.79 Å². The average molecular weight is 297 g/mol. The normalized spacial score (nSPS) is 13.0. The Bertz CT molecular complexity index is 494. The van der Waals surface area contributed by atoms with E-state index in [2.05, 4.69) is 5.16 Å². The van der Waals surface area contributed by atoms with Crippen molar-refractivity contribution in [3.63, 3.8) is 0 Å². The van der Waals surface area contributed by atoms with Gasteiger partial charge in [-0.25, -0.2) is 0 Å². The summed E-state index contributed by atoms with van der Waals surface area (Å²) in [4.78, 5) is 18.8. The van der Waals surface area contributed by atoms with Crippen LogP contribution in [-0.4, -0.2) is 30.7 Å². The molecule has 0 aromatic heterocycles. The summed E-state index contributed by atoms with van der Waals surface area (Å²) >= 11 is 5.76. The van der Waals surface area contributed by atoms with E-state index in [1.807, 2.05) is 45.9 Å². The Morgan fingerprint density at radius 1 is 1.40 bits per heavy atom. The number of hydrogen-bond acceptors (Lipinski definition) is 3. The van der Waals surface area contributed by atoms with Gasteiger partial charge < -0.3 is 9.74 Å². The number of hydrogen-bond donors (Lipinski definition) is 0. The minimum atomic E-state index is -0.221. The molecule has 1 aromatic rings. The molecule has 1 amide bonds. The monoisotopic (exact) mass is 296 g/mol. The second kappa shape index (κ2) is 7.29. The molecule has 0 aliphatic rings. The van der Waals surface area contributed by atoms with E-state index in [4.69, 9.17) is 16.4 Å². The van der Waals surface area contributed by atoms with Crippen molar-refractivity contribution >= 4 is 28.9 Å². The average Bonchev–Trinajstić information content (AvgIpc) is 2.42. The molecule has 0 N–H and O–H groups in total. The molecule has 1 rings (SSSR count). The fourth-order valence-corrected chi connectivity index (χ4v) is 2.32.